The number of rotatable bonds is 21. The Morgan fingerprint density at radius 1 is 0.611 bits per heavy atom. The predicted molar refractivity (Wildman–Crippen MR) is 153 cm³/mol. The van der Waals surface area contributed by atoms with Gasteiger partial charge in [0.2, 0.25) is 11.8 Å². The van der Waals surface area contributed by atoms with Crippen LogP contribution in [0.25, 0.3) is 0 Å². The lowest BCUT2D eigenvalue weighted by Crippen LogP contribution is -2.28. The molecule has 0 aromatic carbocycles. The summed E-state index contributed by atoms with van der Waals surface area (Å²) in [4.78, 5) is 22.5. The van der Waals surface area contributed by atoms with Crippen LogP contribution in [0.3, 0.4) is 0 Å². The summed E-state index contributed by atoms with van der Waals surface area (Å²) in [5, 5.41) is 5.86. The Balaban J connectivity index is 0. The fraction of sp³-hybridized carbons (Fsp3) is 0.867. The molecule has 0 rings (SSSR count). The van der Waals surface area contributed by atoms with E-state index in [1.165, 1.54) is 19.3 Å². The van der Waals surface area contributed by atoms with Gasteiger partial charge in [-0.1, -0.05) is 86.8 Å². The van der Waals surface area contributed by atoms with Crippen molar-refractivity contribution >= 4 is 11.8 Å². The number of hydrogen-bond acceptors (Lipinski definition) is 4. The fourth-order valence-electron chi connectivity index (χ4n) is 2.95. The van der Waals surface area contributed by atoms with Crippen molar-refractivity contribution in [1.82, 2.24) is 10.6 Å². The van der Waals surface area contributed by atoms with Crippen LogP contribution in [0.1, 0.15) is 107 Å². The molecule has 0 aromatic heterocycles. The molecule has 0 aliphatic carbocycles. The summed E-state index contributed by atoms with van der Waals surface area (Å²) in [6, 6.07) is 0. The third-order valence-electron chi connectivity index (χ3n) is 5.19. The molecule has 0 saturated carbocycles. The Morgan fingerprint density at radius 2 is 1.08 bits per heavy atom. The number of carbonyl (C=O) groups excluding carboxylic acids is 2. The largest absolute Gasteiger partial charge is 0.381 e. The van der Waals surface area contributed by atoms with Gasteiger partial charge in [0, 0.05) is 44.7 Å². The lowest BCUT2D eigenvalue weighted by molar-refractivity contribution is -0.124. The Labute approximate surface area is 223 Å². The van der Waals surface area contributed by atoms with Crippen LogP contribution in [0.2, 0.25) is 0 Å². The van der Waals surface area contributed by atoms with Crippen LogP contribution in [0.5, 0.6) is 0 Å². The van der Waals surface area contributed by atoms with Crippen molar-refractivity contribution in [1.29, 1.82) is 0 Å². The van der Waals surface area contributed by atoms with Crippen molar-refractivity contribution in [3.63, 3.8) is 0 Å². The molecule has 0 saturated heterocycles. The molecular weight excluding hydrogens is 452 g/mol. The van der Waals surface area contributed by atoms with Gasteiger partial charge in [-0.15, -0.1) is 0 Å². The minimum atomic E-state index is 0.0861. The average Bonchev–Trinajstić information content (AvgIpc) is 2.81. The Kier molecular flexibility index (Phi) is 27.2. The molecule has 0 aliphatic heterocycles. The highest BCUT2D eigenvalue weighted by Gasteiger charge is 2.05. The molecule has 2 N–H and O–H groups in total. The smallest absolute Gasteiger partial charge is 0.222 e. The monoisotopic (exact) mass is 512 g/mol. The van der Waals surface area contributed by atoms with Gasteiger partial charge >= 0.3 is 0 Å². The van der Waals surface area contributed by atoms with E-state index in [1.54, 1.807) is 0 Å². The van der Waals surface area contributed by atoms with Crippen LogP contribution < -0.4 is 10.6 Å². The van der Waals surface area contributed by atoms with Crippen LogP contribution in [0, 0.1) is 23.7 Å². The molecule has 0 fully saturated rings. The predicted octanol–water partition coefficient (Wildman–Crippen LogP) is 6.54. The quantitative estimate of drug-likeness (QED) is 0.135. The molecule has 0 bridgehead atoms. The normalized spacial score (nSPS) is 11.4. The number of hydrogen-bond donors (Lipinski definition) is 2. The minimum absolute atomic E-state index is 0.0861. The van der Waals surface area contributed by atoms with E-state index in [1.807, 2.05) is 27.7 Å². The highest BCUT2D eigenvalue weighted by molar-refractivity contribution is 5.78. The molecule has 0 aromatic rings. The van der Waals surface area contributed by atoms with E-state index in [9.17, 15) is 9.59 Å². The van der Waals surface area contributed by atoms with Crippen LogP contribution >= 0.6 is 0 Å². The molecule has 214 valence electrons. The highest BCUT2D eigenvalue weighted by atomic mass is 16.5. The second kappa shape index (κ2) is 26.7. The Hall–Kier alpha value is -1.40. The summed E-state index contributed by atoms with van der Waals surface area (Å²) in [6.07, 6.45) is 13.4. The Bertz CT molecular complexity index is 531. The van der Waals surface area contributed by atoms with Crippen molar-refractivity contribution in [2.75, 3.05) is 39.5 Å². The van der Waals surface area contributed by atoms with Gasteiger partial charge < -0.3 is 20.1 Å². The van der Waals surface area contributed by atoms with E-state index in [-0.39, 0.29) is 23.7 Å². The van der Waals surface area contributed by atoms with E-state index >= 15 is 0 Å². The zero-order valence-electron chi connectivity index (χ0n) is 25.0. The van der Waals surface area contributed by atoms with Crippen molar-refractivity contribution in [2.24, 2.45) is 23.7 Å². The van der Waals surface area contributed by atoms with Crippen molar-refractivity contribution in [2.45, 2.75) is 107 Å². The fourth-order valence-corrected chi connectivity index (χ4v) is 2.95. The van der Waals surface area contributed by atoms with E-state index in [2.05, 4.69) is 50.5 Å². The van der Waals surface area contributed by atoms with Crippen LogP contribution in [0.4, 0.5) is 0 Å². The molecule has 36 heavy (non-hydrogen) atoms. The topological polar surface area (TPSA) is 76.7 Å². The lowest BCUT2D eigenvalue weighted by atomic mass is 10.1. The minimum Gasteiger partial charge on any atom is -0.381 e. The van der Waals surface area contributed by atoms with Crippen molar-refractivity contribution in [3.05, 3.63) is 12.2 Å². The first-order valence-corrected chi connectivity index (χ1v) is 14.4. The van der Waals surface area contributed by atoms with Gasteiger partial charge in [-0.3, -0.25) is 9.59 Å². The molecule has 0 aliphatic rings. The third-order valence-corrected chi connectivity index (χ3v) is 5.19. The molecule has 6 nitrogen and oxygen atoms in total. The van der Waals surface area contributed by atoms with E-state index in [4.69, 9.17) is 9.47 Å². The number of ether oxygens (including phenoxy) is 2. The van der Waals surface area contributed by atoms with Gasteiger partial charge in [-0.2, -0.15) is 0 Å². The van der Waals surface area contributed by atoms with E-state index < -0.39 is 0 Å². The molecule has 0 spiro atoms. The maximum atomic E-state index is 11.3. The summed E-state index contributed by atoms with van der Waals surface area (Å²) in [5.74, 6) is 1.73. The molecule has 0 heterocycles. The summed E-state index contributed by atoms with van der Waals surface area (Å²) in [5.41, 5.74) is 0. The summed E-state index contributed by atoms with van der Waals surface area (Å²) in [7, 11) is 0. The maximum Gasteiger partial charge on any atom is 0.222 e. The van der Waals surface area contributed by atoms with Crippen molar-refractivity contribution < 1.29 is 19.1 Å². The number of unbranched alkanes of at least 4 members (excludes halogenated alkanes) is 6. The van der Waals surface area contributed by atoms with E-state index in [0.717, 1.165) is 65.0 Å². The zero-order valence-corrected chi connectivity index (χ0v) is 25.0. The van der Waals surface area contributed by atoms with Gasteiger partial charge in [0.25, 0.3) is 0 Å². The first kappa shape index (κ1) is 36.8. The van der Waals surface area contributed by atoms with Gasteiger partial charge in [0.05, 0.1) is 6.61 Å². The zero-order chi connectivity index (χ0) is 27.6. The summed E-state index contributed by atoms with van der Waals surface area (Å²) < 4.78 is 11.0. The first-order valence-electron chi connectivity index (χ1n) is 14.4. The Morgan fingerprint density at radius 3 is 1.61 bits per heavy atom. The average molecular weight is 513 g/mol. The number of nitrogens with one attached hydrogen (secondary N) is 2. The van der Waals surface area contributed by atoms with Gasteiger partial charge in [-0.25, -0.2) is 0 Å². The molecule has 0 unspecified atom stereocenters. The maximum absolute atomic E-state index is 11.3. The number of amides is 2. The number of allylic oxidation sites excluding steroid dienone is 1. The summed E-state index contributed by atoms with van der Waals surface area (Å²) >= 11 is 0. The number of carbonyl (C=O) groups is 2. The van der Waals surface area contributed by atoms with Crippen LogP contribution in [-0.4, -0.2) is 51.3 Å². The second-order valence-electron chi connectivity index (χ2n) is 11.0. The first-order chi connectivity index (χ1) is 17.1. The van der Waals surface area contributed by atoms with Gasteiger partial charge in [-0.05, 0) is 43.9 Å². The molecule has 2 amide bonds. The van der Waals surface area contributed by atoms with Gasteiger partial charge in [0.15, 0.2) is 0 Å². The van der Waals surface area contributed by atoms with Gasteiger partial charge in [0.1, 0.15) is 0 Å². The SMILES string of the molecule is CC(C)COCC=CCCCCNC(=O)C(C)C.CC(C)COCCCCCCCNC(=O)C(C)C. The lowest BCUT2D eigenvalue weighted by Gasteiger charge is -2.08. The van der Waals surface area contributed by atoms with Crippen LogP contribution in [0.15, 0.2) is 12.2 Å². The third kappa shape index (κ3) is 30.6. The highest BCUT2D eigenvalue weighted by Crippen LogP contribution is 2.04. The van der Waals surface area contributed by atoms with E-state index in [0.29, 0.717) is 18.4 Å². The second-order valence-corrected chi connectivity index (χ2v) is 11.0. The molecule has 0 radical (unpaired) electrons. The molecule has 6 heteroatoms. The standard InChI is InChI=1S/C15H31NO2.C15H29NO2/c2*1-13(2)12-18-11-9-7-5-6-8-10-16-15(17)14(3)4/h13-14H,5-12H2,1-4H3,(H,16,17);7,9,13-14H,5-6,8,10-12H2,1-4H3,(H,16,17). The molecular formula is C30H60N2O4. The van der Waals surface area contributed by atoms with Crippen molar-refractivity contribution in [3.8, 4) is 0 Å². The van der Waals surface area contributed by atoms with Crippen LogP contribution in [-0.2, 0) is 19.1 Å². The molecule has 0 atom stereocenters. The summed E-state index contributed by atoms with van der Waals surface area (Å²) in [6.45, 7) is 21.2.